The van der Waals surface area contributed by atoms with Crippen molar-refractivity contribution in [3.8, 4) is 5.75 Å². The van der Waals surface area contributed by atoms with Crippen LogP contribution in [0.3, 0.4) is 0 Å². The first-order valence-corrected chi connectivity index (χ1v) is 7.09. The number of ether oxygens (including phenoxy) is 1. The maximum Gasteiger partial charge on any atom is 0.338 e. The number of benzene rings is 1. The topological polar surface area (TPSA) is 101 Å². The SMILES string of the molecule is COc1c(C(=O)Nc2ccc(F)c(F)c2)c(C)n(C)c1C(O)C(=O)O. The van der Waals surface area contributed by atoms with E-state index in [-0.39, 0.29) is 22.7 Å². The quantitative estimate of drug-likeness (QED) is 0.762. The maximum absolute atomic E-state index is 13.3. The zero-order valence-corrected chi connectivity index (χ0v) is 13.6. The molecule has 0 aliphatic carbocycles. The largest absolute Gasteiger partial charge is 0.494 e. The number of rotatable bonds is 5. The third-order valence-corrected chi connectivity index (χ3v) is 3.79. The first-order chi connectivity index (χ1) is 11.7. The van der Waals surface area contributed by atoms with Crippen molar-refractivity contribution in [2.45, 2.75) is 13.0 Å². The number of aliphatic hydroxyl groups excluding tert-OH is 1. The van der Waals surface area contributed by atoms with Crippen LogP contribution in [0.1, 0.15) is 27.8 Å². The Balaban J connectivity index is 2.47. The number of anilines is 1. The second-order valence-corrected chi connectivity index (χ2v) is 5.26. The van der Waals surface area contributed by atoms with Crippen LogP contribution in [-0.4, -0.2) is 33.8 Å². The normalized spacial score (nSPS) is 11.9. The summed E-state index contributed by atoms with van der Waals surface area (Å²) in [6.07, 6.45) is -1.90. The van der Waals surface area contributed by atoms with Crippen LogP contribution in [0.4, 0.5) is 14.5 Å². The van der Waals surface area contributed by atoms with Crippen LogP contribution in [0.2, 0.25) is 0 Å². The van der Waals surface area contributed by atoms with Gasteiger partial charge >= 0.3 is 5.97 Å². The van der Waals surface area contributed by atoms with Gasteiger partial charge in [0.05, 0.1) is 7.11 Å². The molecule has 2 rings (SSSR count). The third kappa shape index (κ3) is 3.31. The molecule has 1 amide bonds. The molecule has 134 valence electrons. The Kier molecular flexibility index (Phi) is 5.07. The summed E-state index contributed by atoms with van der Waals surface area (Å²) in [7, 11) is 2.69. The zero-order chi connectivity index (χ0) is 18.9. The molecule has 1 aromatic heterocycles. The molecule has 25 heavy (non-hydrogen) atoms. The lowest BCUT2D eigenvalue weighted by atomic mass is 10.1. The van der Waals surface area contributed by atoms with Gasteiger partial charge in [-0.1, -0.05) is 0 Å². The standard InChI is InChI=1S/C16H16F2N2O5/c1-7-11(14(25-3)12(20(7)2)13(21)16(23)24)15(22)19-8-4-5-9(17)10(18)6-8/h4-6,13,21H,1-3H3,(H,19,22)(H,23,24). The van der Waals surface area contributed by atoms with Crippen molar-refractivity contribution in [3.05, 3.63) is 46.8 Å². The van der Waals surface area contributed by atoms with Gasteiger partial charge in [-0.15, -0.1) is 0 Å². The average molecular weight is 354 g/mol. The second-order valence-electron chi connectivity index (χ2n) is 5.26. The van der Waals surface area contributed by atoms with Crippen LogP contribution in [-0.2, 0) is 11.8 Å². The van der Waals surface area contributed by atoms with Gasteiger partial charge in [0.1, 0.15) is 11.3 Å². The number of methoxy groups -OCH3 is 1. The van der Waals surface area contributed by atoms with Gasteiger partial charge in [-0.3, -0.25) is 4.79 Å². The second kappa shape index (κ2) is 6.89. The number of nitrogens with one attached hydrogen (secondary N) is 1. The van der Waals surface area contributed by atoms with Crippen molar-refractivity contribution in [2.75, 3.05) is 12.4 Å². The smallest absolute Gasteiger partial charge is 0.338 e. The summed E-state index contributed by atoms with van der Waals surface area (Å²) >= 11 is 0. The van der Waals surface area contributed by atoms with Crippen molar-refractivity contribution in [2.24, 2.45) is 7.05 Å². The van der Waals surface area contributed by atoms with Gasteiger partial charge in [0.15, 0.2) is 23.5 Å². The molecular formula is C16H16F2N2O5. The van der Waals surface area contributed by atoms with Crippen LogP contribution in [0.25, 0.3) is 0 Å². The Hall–Kier alpha value is -2.94. The molecule has 2 aromatic rings. The number of carboxylic acid groups (broad SMARTS) is 1. The zero-order valence-electron chi connectivity index (χ0n) is 13.6. The summed E-state index contributed by atoms with van der Waals surface area (Å²) in [5.41, 5.74) is 0.203. The average Bonchev–Trinajstić information content (AvgIpc) is 2.81. The number of nitrogens with zero attached hydrogens (tertiary/aromatic N) is 1. The maximum atomic E-state index is 13.3. The monoisotopic (exact) mass is 354 g/mol. The summed E-state index contributed by atoms with van der Waals surface area (Å²) in [6, 6.07) is 2.85. The molecule has 0 saturated heterocycles. The fourth-order valence-corrected chi connectivity index (χ4v) is 2.46. The van der Waals surface area contributed by atoms with E-state index in [0.717, 1.165) is 12.1 Å². The minimum Gasteiger partial charge on any atom is -0.494 e. The number of aliphatic hydroxyl groups is 1. The van der Waals surface area contributed by atoms with E-state index in [0.29, 0.717) is 5.69 Å². The summed E-state index contributed by atoms with van der Waals surface area (Å²) in [4.78, 5) is 23.6. The highest BCUT2D eigenvalue weighted by Gasteiger charge is 2.31. The molecule has 1 atom stereocenters. The molecule has 0 spiro atoms. The number of halogens is 2. The molecule has 3 N–H and O–H groups in total. The van der Waals surface area contributed by atoms with Crippen LogP contribution >= 0.6 is 0 Å². The summed E-state index contributed by atoms with van der Waals surface area (Å²) in [5, 5.41) is 21.2. The highest BCUT2D eigenvalue weighted by molar-refractivity contribution is 6.07. The number of hydrogen-bond donors (Lipinski definition) is 3. The van der Waals surface area contributed by atoms with E-state index < -0.39 is 29.6 Å². The van der Waals surface area contributed by atoms with Crippen molar-refractivity contribution in [1.29, 1.82) is 0 Å². The number of carbonyl (C=O) groups excluding carboxylic acids is 1. The lowest BCUT2D eigenvalue weighted by molar-refractivity contribution is -0.147. The van der Waals surface area contributed by atoms with E-state index in [9.17, 15) is 23.5 Å². The van der Waals surface area contributed by atoms with Gasteiger partial charge in [0.25, 0.3) is 5.91 Å². The van der Waals surface area contributed by atoms with Gasteiger partial charge in [0.2, 0.25) is 0 Å². The molecule has 0 fully saturated rings. The van der Waals surface area contributed by atoms with E-state index in [4.69, 9.17) is 9.84 Å². The minimum absolute atomic E-state index is 0.00883. The number of aromatic nitrogens is 1. The molecule has 1 unspecified atom stereocenters. The molecule has 0 aliphatic rings. The van der Waals surface area contributed by atoms with Gasteiger partial charge in [-0.2, -0.15) is 0 Å². The van der Waals surface area contributed by atoms with E-state index >= 15 is 0 Å². The molecule has 0 aliphatic heterocycles. The summed E-state index contributed by atoms with van der Waals surface area (Å²) in [5.74, 6) is -4.53. The fourth-order valence-electron chi connectivity index (χ4n) is 2.46. The van der Waals surface area contributed by atoms with Crippen LogP contribution < -0.4 is 10.1 Å². The summed E-state index contributed by atoms with van der Waals surface area (Å²) < 4.78 is 32.7. The molecule has 0 radical (unpaired) electrons. The summed E-state index contributed by atoms with van der Waals surface area (Å²) in [6.45, 7) is 1.53. The predicted octanol–water partition coefficient (Wildman–Crippen LogP) is 1.99. The Labute approximate surface area is 141 Å². The molecule has 1 aromatic carbocycles. The lowest BCUT2D eigenvalue weighted by Gasteiger charge is -2.10. The molecule has 9 heteroatoms. The first-order valence-electron chi connectivity index (χ1n) is 7.09. The molecule has 1 heterocycles. The third-order valence-electron chi connectivity index (χ3n) is 3.79. The van der Waals surface area contributed by atoms with E-state index in [2.05, 4.69) is 5.32 Å². The van der Waals surface area contributed by atoms with Crippen LogP contribution in [0, 0.1) is 18.6 Å². The fraction of sp³-hybridized carbons (Fsp3) is 0.250. The number of carbonyl (C=O) groups is 2. The van der Waals surface area contributed by atoms with Gasteiger partial charge < -0.3 is 24.8 Å². The Morgan fingerprint density at radius 1 is 1.28 bits per heavy atom. The molecule has 7 nitrogen and oxygen atoms in total. The highest BCUT2D eigenvalue weighted by atomic mass is 19.2. The van der Waals surface area contributed by atoms with E-state index in [1.807, 2.05) is 0 Å². The van der Waals surface area contributed by atoms with Crippen LogP contribution in [0.5, 0.6) is 5.75 Å². The number of aliphatic carboxylic acids is 1. The minimum atomic E-state index is -1.90. The van der Waals surface area contributed by atoms with Gasteiger partial charge in [-0.05, 0) is 19.1 Å². The van der Waals surface area contributed by atoms with Crippen molar-refractivity contribution >= 4 is 17.6 Å². The molecule has 0 saturated carbocycles. The van der Waals surface area contributed by atoms with Crippen molar-refractivity contribution < 1.29 is 33.3 Å². The number of hydrogen-bond acceptors (Lipinski definition) is 4. The molecular weight excluding hydrogens is 338 g/mol. The van der Waals surface area contributed by atoms with Gasteiger partial charge in [-0.25, -0.2) is 13.6 Å². The van der Waals surface area contributed by atoms with E-state index in [1.54, 1.807) is 0 Å². The Morgan fingerprint density at radius 3 is 2.44 bits per heavy atom. The number of amides is 1. The predicted molar refractivity (Wildman–Crippen MR) is 83.6 cm³/mol. The first kappa shape index (κ1) is 18.4. The Bertz CT molecular complexity index is 848. The lowest BCUT2D eigenvalue weighted by Crippen LogP contribution is -2.15. The van der Waals surface area contributed by atoms with Crippen LogP contribution in [0.15, 0.2) is 18.2 Å². The van der Waals surface area contributed by atoms with Crippen molar-refractivity contribution in [1.82, 2.24) is 4.57 Å². The number of carboxylic acids is 1. The van der Waals surface area contributed by atoms with Crippen molar-refractivity contribution in [3.63, 3.8) is 0 Å². The van der Waals surface area contributed by atoms with E-state index in [1.165, 1.54) is 31.7 Å². The van der Waals surface area contributed by atoms with Gasteiger partial charge in [0, 0.05) is 24.5 Å². The molecule has 0 bridgehead atoms. The Morgan fingerprint density at radius 2 is 1.92 bits per heavy atom. The highest BCUT2D eigenvalue weighted by Crippen LogP contribution is 2.34.